The lowest BCUT2D eigenvalue weighted by Crippen LogP contribution is -2.46. The van der Waals surface area contributed by atoms with Crippen molar-refractivity contribution in [3.05, 3.63) is 29.3 Å². The molecule has 2 rings (SSSR count). The molecule has 0 spiro atoms. The number of halogens is 1. The van der Waals surface area contributed by atoms with Gasteiger partial charge in [0.15, 0.2) is 0 Å². The summed E-state index contributed by atoms with van der Waals surface area (Å²) in [7, 11) is 0. The number of carbonyl (C=O) groups is 1. The van der Waals surface area contributed by atoms with Crippen LogP contribution in [0.25, 0.3) is 0 Å². The van der Waals surface area contributed by atoms with Gasteiger partial charge in [0, 0.05) is 6.54 Å². The Hall–Kier alpha value is -1.06. The van der Waals surface area contributed by atoms with E-state index in [1.807, 2.05) is 25.1 Å². The molecule has 4 heteroatoms. The smallest absolute Gasteiger partial charge is 0.231 e. The van der Waals surface area contributed by atoms with Gasteiger partial charge in [0.25, 0.3) is 0 Å². The number of benzene rings is 1. The average Bonchev–Trinajstić information content (AvgIpc) is 2.33. The highest BCUT2D eigenvalue weighted by Crippen LogP contribution is 2.29. The molecular formula is C13H17ClN2O. The lowest BCUT2D eigenvalue weighted by molar-refractivity contribution is -0.125. The summed E-state index contributed by atoms with van der Waals surface area (Å²) in [6, 6.07) is 7.31. The fraction of sp³-hybridized carbons (Fsp3) is 0.462. The number of rotatable bonds is 2. The monoisotopic (exact) mass is 252 g/mol. The number of anilines is 1. The number of hydrogen-bond acceptors (Lipinski definition) is 2. The van der Waals surface area contributed by atoms with E-state index in [0.717, 1.165) is 25.9 Å². The molecule has 17 heavy (non-hydrogen) atoms. The molecule has 1 amide bonds. The maximum absolute atomic E-state index is 12.2. The number of para-hydroxylation sites is 1. The number of nitrogens with one attached hydrogen (secondary N) is 2. The van der Waals surface area contributed by atoms with E-state index in [2.05, 4.69) is 10.6 Å². The van der Waals surface area contributed by atoms with E-state index >= 15 is 0 Å². The first kappa shape index (κ1) is 12.4. The minimum Gasteiger partial charge on any atom is -0.324 e. The van der Waals surface area contributed by atoms with Gasteiger partial charge in [-0.1, -0.05) is 23.7 Å². The van der Waals surface area contributed by atoms with Gasteiger partial charge in [0.05, 0.1) is 16.1 Å². The molecule has 0 bridgehead atoms. The number of hydrogen-bond donors (Lipinski definition) is 2. The summed E-state index contributed by atoms with van der Waals surface area (Å²) < 4.78 is 0. The third-order valence-electron chi connectivity index (χ3n) is 3.27. The van der Waals surface area contributed by atoms with Crippen LogP contribution in [-0.4, -0.2) is 19.0 Å². The number of carbonyl (C=O) groups excluding carboxylic acids is 1. The first-order valence-electron chi connectivity index (χ1n) is 5.88. The van der Waals surface area contributed by atoms with Crippen molar-refractivity contribution in [3.63, 3.8) is 0 Å². The highest BCUT2D eigenvalue weighted by Gasteiger charge is 2.34. The Bertz CT molecular complexity index is 414. The molecule has 1 saturated heterocycles. The second-order valence-corrected chi connectivity index (χ2v) is 5.18. The molecule has 1 heterocycles. The summed E-state index contributed by atoms with van der Waals surface area (Å²) in [5, 5.41) is 6.75. The number of piperidine rings is 1. The van der Waals surface area contributed by atoms with E-state index < -0.39 is 0 Å². The van der Waals surface area contributed by atoms with E-state index in [1.165, 1.54) is 0 Å². The Balaban J connectivity index is 2.08. The zero-order valence-corrected chi connectivity index (χ0v) is 10.7. The van der Waals surface area contributed by atoms with Gasteiger partial charge in [-0.05, 0) is 38.4 Å². The predicted molar refractivity (Wildman–Crippen MR) is 70.3 cm³/mol. The van der Waals surface area contributed by atoms with Crippen molar-refractivity contribution in [3.8, 4) is 0 Å². The van der Waals surface area contributed by atoms with Crippen LogP contribution < -0.4 is 10.6 Å². The highest BCUT2D eigenvalue weighted by atomic mass is 35.5. The van der Waals surface area contributed by atoms with Gasteiger partial charge < -0.3 is 10.6 Å². The lowest BCUT2D eigenvalue weighted by atomic mass is 9.82. The lowest BCUT2D eigenvalue weighted by Gasteiger charge is -2.32. The molecule has 0 aliphatic carbocycles. The van der Waals surface area contributed by atoms with Crippen LogP contribution in [0.3, 0.4) is 0 Å². The van der Waals surface area contributed by atoms with Crippen molar-refractivity contribution in [2.45, 2.75) is 19.8 Å². The van der Waals surface area contributed by atoms with E-state index in [0.29, 0.717) is 10.7 Å². The minimum absolute atomic E-state index is 0.0396. The van der Waals surface area contributed by atoms with Crippen LogP contribution >= 0.6 is 11.6 Å². The molecule has 1 aliphatic heterocycles. The van der Waals surface area contributed by atoms with Crippen molar-refractivity contribution in [2.75, 3.05) is 18.4 Å². The van der Waals surface area contributed by atoms with Crippen LogP contribution in [0.4, 0.5) is 5.69 Å². The van der Waals surface area contributed by atoms with Gasteiger partial charge in [0.2, 0.25) is 5.91 Å². The first-order valence-corrected chi connectivity index (χ1v) is 6.26. The zero-order valence-electron chi connectivity index (χ0n) is 9.92. The van der Waals surface area contributed by atoms with Crippen molar-refractivity contribution >= 4 is 23.2 Å². The molecular weight excluding hydrogens is 236 g/mol. The molecule has 1 fully saturated rings. The SMILES string of the molecule is CC1(C(=O)Nc2ccccc2Cl)CCCNC1. The summed E-state index contributed by atoms with van der Waals surface area (Å²) in [5.41, 5.74) is 0.350. The van der Waals surface area contributed by atoms with E-state index in [1.54, 1.807) is 6.07 Å². The molecule has 1 unspecified atom stereocenters. The van der Waals surface area contributed by atoms with Crippen molar-refractivity contribution in [2.24, 2.45) is 5.41 Å². The second kappa shape index (κ2) is 5.07. The second-order valence-electron chi connectivity index (χ2n) is 4.77. The molecule has 1 aliphatic rings. The van der Waals surface area contributed by atoms with Crippen LogP contribution in [0.5, 0.6) is 0 Å². The van der Waals surface area contributed by atoms with Crippen molar-refractivity contribution in [1.82, 2.24) is 5.32 Å². The van der Waals surface area contributed by atoms with E-state index in [9.17, 15) is 4.79 Å². The third kappa shape index (κ3) is 2.79. The summed E-state index contributed by atoms with van der Waals surface area (Å²) in [6.07, 6.45) is 1.95. The maximum Gasteiger partial charge on any atom is 0.231 e. The quantitative estimate of drug-likeness (QED) is 0.850. The topological polar surface area (TPSA) is 41.1 Å². The molecule has 1 atom stereocenters. The maximum atomic E-state index is 12.2. The van der Waals surface area contributed by atoms with Gasteiger partial charge >= 0.3 is 0 Å². The molecule has 0 radical (unpaired) electrons. The normalized spacial score (nSPS) is 24.4. The van der Waals surface area contributed by atoms with E-state index in [-0.39, 0.29) is 11.3 Å². The van der Waals surface area contributed by atoms with Crippen LogP contribution in [0.2, 0.25) is 5.02 Å². The summed E-state index contributed by atoms with van der Waals surface area (Å²) in [6.45, 7) is 3.71. The third-order valence-corrected chi connectivity index (χ3v) is 3.60. The van der Waals surface area contributed by atoms with Crippen molar-refractivity contribution in [1.29, 1.82) is 0 Å². The van der Waals surface area contributed by atoms with Crippen LogP contribution in [0.15, 0.2) is 24.3 Å². The Morgan fingerprint density at radius 2 is 2.24 bits per heavy atom. The molecule has 1 aromatic rings. The zero-order chi connectivity index (χ0) is 12.3. The fourth-order valence-electron chi connectivity index (χ4n) is 2.09. The predicted octanol–water partition coefficient (Wildman–Crippen LogP) is 2.67. The number of amides is 1. The summed E-state index contributed by atoms with van der Waals surface area (Å²) >= 11 is 6.02. The summed E-state index contributed by atoms with van der Waals surface area (Å²) in [5.74, 6) is 0.0396. The molecule has 92 valence electrons. The molecule has 3 nitrogen and oxygen atoms in total. The summed E-state index contributed by atoms with van der Waals surface area (Å²) in [4.78, 5) is 12.2. The minimum atomic E-state index is -0.336. The Kier molecular flexibility index (Phi) is 3.69. The van der Waals surface area contributed by atoms with Gasteiger partial charge in [0.1, 0.15) is 0 Å². The Labute approximate surface area is 107 Å². The van der Waals surface area contributed by atoms with Gasteiger partial charge in [-0.3, -0.25) is 4.79 Å². The first-order chi connectivity index (χ1) is 8.12. The van der Waals surface area contributed by atoms with E-state index in [4.69, 9.17) is 11.6 Å². The fourth-order valence-corrected chi connectivity index (χ4v) is 2.27. The molecule has 0 aromatic heterocycles. The van der Waals surface area contributed by atoms with Gasteiger partial charge in [-0.15, -0.1) is 0 Å². The van der Waals surface area contributed by atoms with Gasteiger partial charge in [-0.25, -0.2) is 0 Å². The highest BCUT2D eigenvalue weighted by molar-refractivity contribution is 6.33. The molecule has 2 N–H and O–H groups in total. The van der Waals surface area contributed by atoms with Crippen LogP contribution in [0, 0.1) is 5.41 Å². The van der Waals surface area contributed by atoms with Crippen molar-refractivity contribution < 1.29 is 4.79 Å². The largest absolute Gasteiger partial charge is 0.324 e. The standard InChI is InChI=1S/C13H17ClN2O/c1-13(7-4-8-15-9-13)12(17)16-11-6-3-2-5-10(11)14/h2-3,5-6,15H,4,7-9H2,1H3,(H,16,17). The Morgan fingerprint density at radius 1 is 1.47 bits per heavy atom. The molecule has 0 saturated carbocycles. The Morgan fingerprint density at radius 3 is 2.88 bits per heavy atom. The van der Waals surface area contributed by atoms with Crippen LogP contribution in [-0.2, 0) is 4.79 Å². The molecule has 1 aromatic carbocycles. The average molecular weight is 253 g/mol. The van der Waals surface area contributed by atoms with Crippen LogP contribution in [0.1, 0.15) is 19.8 Å². The van der Waals surface area contributed by atoms with Gasteiger partial charge in [-0.2, -0.15) is 0 Å².